The van der Waals surface area contributed by atoms with Crippen molar-refractivity contribution >= 4 is 11.9 Å². The summed E-state index contributed by atoms with van der Waals surface area (Å²) in [5, 5.41) is 6.93. The van der Waals surface area contributed by atoms with Crippen molar-refractivity contribution in [1.29, 1.82) is 0 Å². The molecule has 2 heterocycles. The molecule has 1 amide bonds. The molecule has 18 heavy (non-hydrogen) atoms. The van der Waals surface area contributed by atoms with Crippen LogP contribution in [0.15, 0.2) is 12.3 Å². The number of nitrogens with zero attached hydrogens (tertiary/aromatic N) is 3. The Kier molecular flexibility index (Phi) is 3.45. The van der Waals surface area contributed by atoms with Crippen molar-refractivity contribution in [2.75, 3.05) is 31.1 Å². The van der Waals surface area contributed by atoms with Crippen LogP contribution in [0.2, 0.25) is 0 Å². The first-order valence-corrected chi connectivity index (χ1v) is 6.18. The summed E-state index contributed by atoms with van der Waals surface area (Å²) >= 11 is 0. The van der Waals surface area contributed by atoms with E-state index >= 15 is 0 Å². The third-order valence-electron chi connectivity index (χ3n) is 2.74. The SMILES string of the molecule is CC(C)(C)OC(=O)N1CCN(c2cc[nH]n2)CC1. The Morgan fingerprint density at radius 2 is 2.00 bits per heavy atom. The van der Waals surface area contributed by atoms with Gasteiger partial charge in [0.15, 0.2) is 0 Å². The van der Waals surface area contributed by atoms with Crippen LogP contribution in [0.5, 0.6) is 0 Å². The molecule has 0 aliphatic carbocycles. The first-order valence-electron chi connectivity index (χ1n) is 6.18. The van der Waals surface area contributed by atoms with Gasteiger partial charge in [-0.3, -0.25) is 5.10 Å². The predicted octanol–water partition coefficient (Wildman–Crippen LogP) is 1.47. The number of amides is 1. The lowest BCUT2D eigenvalue weighted by Crippen LogP contribution is -2.50. The molecule has 1 saturated heterocycles. The monoisotopic (exact) mass is 252 g/mol. The average molecular weight is 252 g/mol. The van der Waals surface area contributed by atoms with Gasteiger partial charge in [-0.25, -0.2) is 4.79 Å². The maximum absolute atomic E-state index is 11.9. The smallest absolute Gasteiger partial charge is 0.410 e. The molecule has 1 N–H and O–H groups in total. The second kappa shape index (κ2) is 4.88. The zero-order chi connectivity index (χ0) is 13.2. The third-order valence-corrected chi connectivity index (χ3v) is 2.74. The zero-order valence-corrected chi connectivity index (χ0v) is 11.1. The Labute approximate surface area is 107 Å². The van der Waals surface area contributed by atoms with Crippen molar-refractivity contribution in [2.45, 2.75) is 26.4 Å². The molecule has 1 aromatic heterocycles. The third kappa shape index (κ3) is 3.15. The molecule has 1 fully saturated rings. The molecule has 1 aromatic rings. The molecule has 0 aromatic carbocycles. The summed E-state index contributed by atoms with van der Waals surface area (Å²) in [5.74, 6) is 0.929. The fourth-order valence-electron chi connectivity index (χ4n) is 1.87. The molecule has 6 heteroatoms. The number of H-pyrrole nitrogens is 1. The minimum Gasteiger partial charge on any atom is -0.444 e. The van der Waals surface area contributed by atoms with Crippen LogP contribution in [0.3, 0.4) is 0 Å². The lowest BCUT2D eigenvalue weighted by Gasteiger charge is -2.35. The maximum Gasteiger partial charge on any atom is 0.410 e. The normalized spacial score (nSPS) is 16.8. The molecular weight excluding hydrogens is 232 g/mol. The van der Waals surface area contributed by atoms with Gasteiger partial charge in [0.05, 0.1) is 0 Å². The standard InChI is InChI=1S/C12H20N4O2/c1-12(2,3)18-11(17)16-8-6-15(7-9-16)10-4-5-13-14-10/h4-5H,6-9H2,1-3H3,(H,13,14). The number of aromatic amines is 1. The zero-order valence-electron chi connectivity index (χ0n) is 11.1. The summed E-state index contributed by atoms with van der Waals surface area (Å²) in [4.78, 5) is 15.8. The number of rotatable bonds is 1. The number of anilines is 1. The van der Waals surface area contributed by atoms with Gasteiger partial charge in [-0.05, 0) is 20.8 Å². The van der Waals surface area contributed by atoms with Crippen LogP contribution < -0.4 is 4.90 Å². The first kappa shape index (κ1) is 12.7. The van der Waals surface area contributed by atoms with Crippen LogP contribution in [-0.2, 0) is 4.74 Å². The molecule has 1 aliphatic rings. The second-order valence-electron chi connectivity index (χ2n) is 5.39. The van der Waals surface area contributed by atoms with E-state index < -0.39 is 5.60 Å². The second-order valence-corrected chi connectivity index (χ2v) is 5.39. The Morgan fingerprint density at radius 3 is 2.50 bits per heavy atom. The van der Waals surface area contributed by atoms with Crippen LogP contribution in [0, 0.1) is 0 Å². The average Bonchev–Trinajstić information content (AvgIpc) is 2.80. The number of ether oxygens (including phenoxy) is 1. The summed E-state index contributed by atoms with van der Waals surface area (Å²) in [6.45, 7) is 8.54. The highest BCUT2D eigenvalue weighted by Gasteiger charge is 2.26. The van der Waals surface area contributed by atoms with Crippen LogP contribution in [0.1, 0.15) is 20.8 Å². The quantitative estimate of drug-likeness (QED) is 0.822. The highest BCUT2D eigenvalue weighted by Crippen LogP contribution is 2.15. The largest absolute Gasteiger partial charge is 0.444 e. The van der Waals surface area contributed by atoms with Gasteiger partial charge in [0, 0.05) is 38.4 Å². The van der Waals surface area contributed by atoms with Gasteiger partial charge in [0.25, 0.3) is 0 Å². The van der Waals surface area contributed by atoms with E-state index in [4.69, 9.17) is 4.74 Å². The number of hydrogen-bond donors (Lipinski definition) is 1. The molecular formula is C12H20N4O2. The molecule has 6 nitrogen and oxygen atoms in total. The van der Waals surface area contributed by atoms with E-state index in [0.717, 1.165) is 18.9 Å². The molecule has 1 aliphatic heterocycles. The van der Waals surface area contributed by atoms with E-state index in [1.807, 2.05) is 26.8 Å². The number of hydrogen-bond acceptors (Lipinski definition) is 4. The van der Waals surface area contributed by atoms with Gasteiger partial charge in [-0.2, -0.15) is 5.10 Å². The van der Waals surface area contributed by atoms with E-state index in [2.05, 4.69) is 15.1 Å². The van der Waals surface area contributed by atoms with Crippen molar-refractivity contribution < 1.29 is 9.53 Å². The molecule has 0 bridgehead atoms. The molecule has 0 saturated carbocycles. The molecule has 2 rings (SSSR count). The summed E-state index contributed by atoms with van der Waals surface area (Å²) in [7, 11) is 0. The van der Waals surface area contributed by atoms with Crippen molar-refractivity contribution in [3.63, 3.8) is 0 Å². The van der Waals surface area contributed by atoms with E-state index in [-0.39, 0.29) is 6.09 Å². The number of nitrogens with one attached hydrogen (secondary N) is 1. The van der Waals surface area contributed by atoms with E-state index in [9.17, 15) is 4.79 Å². The highest BCUT2D eigenvalue weighted by molar-refractivity contribution is 5.68. The van der Waals surface area contributed by atoms with E-state index in [1.165, 1.54) is 0 Å². The van der Waals surface area contributed by atoms with Gasteiger partial charge >= 0.3 is 6.09 Å². The van der Waals surface area contributed by atoms with Gasteiger partial charge in [0.1, 0.15) is 11.4 Å². The molecule has 100 valence electrons. The molecule has 0 atom stereocenters. The van der Waals surface area contributed by atoms with Crippen LogP contribution in [0.25, 0.3) is 0 Å². The number of aromatic nitrogens is 2. The summed E-state index contributed by atoms with van der Waals surface area (Å²) in [5.41, 5.74) is -0.434. The number of carbonyl (C=O) groups is 1. The fraction of sp³-hybridized carbons (Fsp3) is 0.667. The summed E-state index contributed by atoms with van der Waals surface area (Å²) in [6, 6.07) is 1.93. The number of carbonyl (C=O) groups excluding carboxylic acids is 1. The summed E-state index contributed by atoms with van der Waals surface area (Å²) in [6.07, 6.45) is 1.57. The molecule has 0 spiro atoms. The van der Waals surface area contributed by atoms with Crippen molar-refractivity contribution in [1.82, 2.24) is 15.1 Å². The lowest BCUT2D eigenvalue weighted by molar-refractivity contribution is 0.0240. The van der Waals surface area contributed by atoms with Crippen LogP contribution >= 0.6 is 0 Å². The van der Waals surface area contributed by atoms with Crippen molar-refractivity contribution in [3.05, 3.63) is 12.3 Å². The fourth-order valence-corrected chi connectivity index (χ4v) is 1.87. The topological polar surface area (TPSA) is 61.5 Å². The maximum atomic E-state index is 11.9. The van der Waals surface area contributed by atoms with Crippen molar-refractivity contribution in [3.8, 4) is 0 Å². The minimum absolute atomic E-state index is 0.232. The predicted molar refractivity (Wildman–Crippen MR) is 68.6 cm³/mol. The molecule has 0 radical (unpaired) electrons. The Morgan fingerprint density at radius 1 is 1.33 bits per heavy atom. The van der Waals surface area contributed by atoms with Crippen LogP contribution in [0.4, 0.5) is 10.6 Å². The minimum atomic E-state index is -0.434. The van der Waals surface area contributed by atoms with Gasteiger partial charge in [-0.15, -0.1) is 0 Å². The van der Waals surface area contributed by atoms with E-state index in [1.54, 1.807) is 11.1 Å². The Hall–Kier alpha value is -1.72. The summed E-state index contributed by atoms with van der Waals surface area (Å²) < 4.78 is 5.35. The number of piperazine rings is 1. The Balaban J connectivity index is 1.85. The van der Waals surface area contributed by atoms with Gasteiger partial charge in [0.2, 0.25) is 0 Å². The Bertz CT molecular complexity index is 389. The van der Waals surface area contributed by atoms with Gasteiger partial charge in [-0.1, -0.05) is 0 Å². The van der Waals surface area contributed by atoms with Crippen LogP contribution in [-0.4, -0.2) is 53.0 Å². The van der Waals surface area contributed by atoms with E-state index in [0.29, 0.717) is 13.1 Å². The highest BCUT2D eigenvalue weighted by atomic mass is 16.6. The molecule has 0 unspecified atom stereocenters. The first-order chi connectivity index (χ1) is 8.46. The lowest BCUT2D eigenvalue weighted by atomic mass is 10.2. The van der Waals surface area contributed by atoms with Gasteiger partial charge < -0.3 is 14.5 Å². The van der Waals surface area contributed by atoms with Crippen molar-refractivity contribution in [2.24, 2.45) is 0 Å².